The first-order chi connectivity index (χ1) is 5.41. The summed E-state index contributed by atoms with van der Waals surface area (Å²) in [6.45, 7) is 2.43. The van der Waals surface area contributed by atoms with E-state index in [1.807, 2.05) is 12.2 Å². The number of aliphatic hydroxyl groups is 1. The third-order valence-corrected chi connectivity index (χ3v) is 1.46. The molecule has 64 valence electrons. The zero-order valence-corrected chi connectivity index (χ0v) is 7.34. The van der Waals surface area contributed by atoms with E-state index < -0.39 is 0 Å². The first-order valence-electron chi connectivity index (χ1n) is 4.42. The second-order valence-corrected chi connectivity index (χ2v) is 2.58. The quantitative estimate of drug-likeness (QED) is 0.460. The number of aliphatic hydroxyl groups excluding tert-OH is 1. The minimum absolute atomic E-state index is 0.232. The van der Waals surface area contributed by atoms with Crippen LogP contribution in [0.2, 0.25) is 0 Å². The lowest BCUT2D eigenvalue weighted by Crippen LogP contribution is -1.73. The number of rotatable bonds is 6. The molecule has 0 heterocycles. The van der Waals surface area contributed by atoms with Gasteiger partial charge >= 0.3 is 0 Å². The second-order valence-electron chi connectivity index (χ2n) is 2.58. The first kappa shape index (κ1) is 10.5. The van der Waals surface area contributed by atoms with Gasteiger partial charge in [-0.3, -0.25) is 0 Å². The summed E-state index contributed by atoms with van der Waals surface area (Å²) in [5.41, 5.74) is 3.04. The van der Waals surface area contributed by atoms with Crippen LogP contribution in [0, 0.1) is 0 Å². The third kappa shape index (κ3) is 9.48. The Hall–Kier alpha value is -0.520. The second kappa shape index (κ2) is 9.48. The van der Waals surface area contributed by atoms with Gasteiger partial charge in [0.2, 0.25) is 0 Å². The van der Waals surface area contributed by atoms with Gasteiger partial charge in [-0.1, -0.05) is 19.8 Å². The summed E-state index contributed by atoms with van der Waals surface area (Å²) < 4.78 is 0. The highest BCUT2D eigenvalue weighted by molar-refractivity contribution is 4.84. The van der Waals surface area contributed by atoms with Gasteiger partial charge in [0.25, 0.3) is 0 Å². The van der Waals surface area contributed by atoms with E-state index in [4.69, 9.17) is 5.11 Å². The maximum Gasteiger partial charge on any atom is 0.0471 e. The normalized spacial score (nSPS) is 8.91. The van der Waals surface area contributed by atoms with Crippen molar-refractivity contribution in [3.63, 3.8) is 0 Å². The van der Waals surface area contributed by atoms with E-state index in [2.05, 4.69) is 12.7 Å². The van der Waals surface area contributed by atoms with E-state index in [1.165, 1.54) is 19.3 Å². The Kier molecular flexibility index (Phi) is 9.03. The zero-order valence-electron chi connectivity index (χ0n) is 7.34. The van der Waals surface area contributed by atoms with Crippen molar-refractivity contribution in [3.8, 4) is 0 Å². The largest absolute Gasteiger partial charge is 0.396 e. The van der Waals surface area contributed by atoms with Gasteiger partial charge in [-0.05, 0) is 31.4 Å². The molecule has 0 unspecified atom stereocenters. The molecular weight excluding hydrogens is 136 g/mol. The molecule has 0 bridgehead atoms. The van der Waals surface area contributed by atoms with Crippen LogP contribution in [-0.4, -0.2) is 11.7 Å². The van der Waals surface area contributed by atoms with Crippen molar-refractivity contribution in [3.05, 3.63) is 17.9 Å². The molecule has 0 spiro atoms. The molecule has 1 heteroatoms. The molecule has 0 saturated heterocycles. The molecule has 0 aromatic carbocycles. The maximum atomic E-state index is 8.42. The van der Waals surface area contributed by atoms with Crippen LogP contribution in [0.4, 0.5) is 0 Å². The van der Waals surface area contributed by atoms with Crippen molar-refractivity contribution in [2.75, 3.05) is 6.61 Å². The summed E-state index contributed by atoms with van der Waals surface area (Å²) in [7, 11) is 0. The third-order valence-electron chi connectivity index (χ3n) is 1.46. The molecule has 0 rings (SSSR count). The van der Waals surface area contributed by atoms with E-state index in [1.54, 1.807) is 0 Å². The fraction of sp³-hybridized carbons (Fsp3) is 0.700. The fourth-order valence-electron chi connectivity index (χ4n) is 0.811. The number of hydrogen-bond donors (Lipinski definition) is 1. The van der Waals surface area contributed by atoms with Crippen LogP contribution in [0.5, 0.6) is 0 Å². The van der Waals surface area contributed by atoms with Crippen molar-refractivity contribution in [2.45, 2.75) is 39.0 Å². The van der Waals surface area contributed by atoms with Gasteiger partial charge in [0.1, 0.15) is 0 Å². The van der Waals surface area contributed by atoms with Crippen LogP contribution in [0.25, 0.3) is 0 Å². The van der Waals surface area contributed by atoms with Gasteiger partial charge in [0.05, 0.1) is 0 Å². The smallest absolute Gasteiger partial charge is 0.0471 e. The average Bonchev–Trinajstić information content (AvgIpc) is 2.03. The molecule has 0 fully saturated rings. The number of hydrogen-bond acceptors (Lipinski definition) is 1. The molecule has 0 radical (unpaired) electrons. The SMILES string of the molecule is CCCCCC=C=CCCO. The van der Waals surface area contributed by atoms with Gasteiger partial charge in [0.15, 0.2) is 0 Å². The predicted octanol–water partition coefficient (Wildman–Crippen LogP) is 2.66. The minimum Gasteiger partial charge on any atom is -0.396 e. The standard InChI is InChI=1S/C10H18O/c1-2-3-4-5-6-7-8-9-10-11/h6,8,11H,2-5,9-10H2,1H3. The summed E-state index contributed by atoms with van der Waals surface area (Å²) in [6, 6.07) is 0. The summed E-state index contributed by atoms with van der Waals surface area (Å²) in [6.07, 6.45) is 9.61. The van der Waals surface area contributed by atoms with Crippen LogP contribution in [-0.2, 0) is 0 Å². The van der Waals surface area contributed by atoms with E-state index in [0.717, 1.165) is 12.8 Å². The molecule has 0 amide bonds. The lowest BCUT2D eigenvalue weighted by atomic mass is 10.2. The van der Waals surface area contributed by atoms with Crippen molar-refractivity contribution in [1.82, 2.24) is 0 Å². The summed E-state index contributed by atoms with van der Waals surface area (Å²) >= 11 is 0. The van der Waals surface area contributed by atoms with E-state index >= 15 is 0 Å². The van der Waals surface area contributed by atoms with Gasteiger partial charge in [-0.2, -0.15) is 0 Å². The molecule has 1 N–H and O–H groups in total. The van der Waals surface area contributed by atoms with Crippen molar-refractivity contribution in [2.24, 2.45) is 0 Å². The van der Waals surface area contributed by atoms with Crippen molar-refractivity contribution in [1.29, 1.82) is 0 Å². The first-order valence-corrected chi connectivity index (χ1v) is 4.42. The van der Waals surface area contributed by atoms with E-state index in [0.29, 0.717) is 0 Å². The van der Waals surface area contributed by atoms with Crippen LogP contribution in [0.3, 0.4) is 0 Å². The molecule has 0 aliphatic rings. The Morgan fingerprint density at radius 3 is 2.55 bits per heavy atom. The molecule has 0 aliphatic heterocycles. The predicted molar refractivity (Wildman–Crippen MR) is 48.5 cm³/mol. The Morgan fingerprint density at radius 2 is 1.91 bits per heavy atom. The fourth-order valence-corrected chi connectivity index (χ4v) is 0.811. The molecule has 0 aliphatic carbocycles. The summed E-state index contributed by atoms with van der Waals surface area (Å²) in [4.78, 5) is 0. The molecular formula is C10H18O. The lowest BCUT2D eigenvalue weighted by molar-refractivity contribution is 0.302. The minimum atomic E-state index is 0.232. The van der Waals surface area contributed by atoms with Crippen molar-refractivity contribution < 1.29 is 5.11 Å². The van der Waals surface area contributed by atoms with Crippen LogP contribution < -0.4 is 0 Å². The Bertz CT molecular complexity index is 121. The van der Waals surface area contributed by atoms with Gasteiger partial charge in [0, 0.05) is 6.61 Å². The Labute approximate surface area is 69.4 Å². The monoisotopic (exact) mass is 154 g/mol. The van der Waals surface area contributed by atoms with Crippen molar-refractivity contribution >= 4 is 0 Å². The highest BCUT2D eigenvalue weighted by Crippen LogP contribution is 1.98. The molecule has 11 heavy (non-hydrogen) atoms. The zero-order chi connectivity index (χ0) is 8.36. The number of unbranched alkanes of at least 4 members (excludes halogenated alkanes) is 3. The van der Waals surface area contributed by atoms with Crippen LogP contribution in [0.15, 0.2) is 17.9 Å². The van der Waals surface area contributed by atoms with E-state index in [9.17, 15) is 0 Å². The highest BCUT2D eigenvalue weighted by Gasteiger charge is 1.79. The lowest BCUT2D eigenvalue weighted by Gasteiger charge is -1.88. The van der Waals surface area contributed by atoms with Crippen LogP contribution >= 0.6 is 0 Å². The van der Waals surface area contributed by atoms with Gasteiger partial charge in [-0.15, -0.1) is 5.73 Å². The topological polar surface area (TPSA) is 20.2 Å². The highest BCUT2D eigenvalue weighted by atomic mass is 16.2. The van der Waals surface area contributed by atoms with Gasteiger partial charge < -0.3 is 5.11 Å². The molecule has 0 atom stereocenters. The van der Waals surface area contributed by atoms with Gasteiger partial charge in [-0.25, -0.2) is 0 Å². The molecule has 0 aromatic heterocycles. The molecule has 0 aromatic rings. The van der Waals surface area contributed by atoms with Crippen LogP contribution in [0.1, 0.15) is 39.0 Å². The average molecular weight is 154 g/mol. The molecule has 0 saturated carbocycles. The maximum absolute atomic E-state index is 8.42. The summed E-state index contributed by atoms with van der Waals surface area (Å²) in [5, 5.41) is 8.42. The molecule has 1 nitrogen and oxygen atoms in total. The Morgan fingerprint density at radius 1 is 1.18 bits per heavy atom. The summed E-state index contributed by atoms with van der Waals surface area (Å²) in [5.74, 6) is 0. The Balaban J connectivity index is 3.14. The van der Waals surface area contributed by atoms with E-state index in [-0.39, 0.29) is 6.61 Å².